The Morgan fingerprint density at radius 1 is 1.23 bits per heavy atom. The van der Waals surface area contributed by atoms with Crippen molar-refractivity contribution in [2.75, 3.05) is 17.3 Å². The molecule has 8 nitrogen and oxygen atoms in total. The number of carboxylic acids is 1. The van der Waals surface area contributed by atoms with Gasteiger partial charge in [-0.15, -0.1) is 0 Å². The molecule has 2 N–H and O–H groups in total. The molecule has 0 aromatic heterocycles. The zero-order valence-corrected chi connectivity index (χ0v) is 17.6. The maximum atomic E-state index is 13.0. The summed E-state index contributed by atoms with van der Waals surface area (Å²) in [6, 6.07) is 8.05. The van der Waals surface area contributed by atoms with Gasteiger partial charge in [0.2, 0.25) is 5.91 Å². The maximum Gasteiger partial charge on any atom is 0.335 e. The van der Waals surface area contributed by atoms with E-state index in [1.807, 2.05) is 0 Å². The number of benzene rings is 2. The molecule has 9 heteroatoms. The van der Waals surface area contributed by atoms with Crippen molar-refractivity contribution >= 4 is 40.8 Å². The fraction of sp³-hybridized carbons (Fsp3) is 0.286. The minimum Gasteiger partial charge on any atom is -0.495 e. The van der Waals surface area contributed by atoms with Crippen LogP contribution in [0.15, 0.2) is 36.4 Å². The molecule has 0 fully saturated rings. The summed E-state index contributed by atoms with van der Waals surface area (Å²) in [6.45, 7) is 4.70. The number of hydrogen-bond acceptors (Lipinski definition) is 5. The number of aromatic carboxylic acids is 1. The molecule has 0 spiro atoms. The molecule has 30 heavy (non-hydrogen) atoms. The lowest BCUT2D eigenvalue weighted by atomic mass is 10.0. The van der Waals surface area contributed by atoms with Crippen LogP contribution in [0.1, 0.15) is 31.1 Å². The van der Waals surface area contributed by atoms with Gasteiger partial charge in [-0.2, -0.15) is 0 Å². The number of carbonyl (C=O) groups is 3. The largest absolute Gasteiger partial charge is 0.495 e. The van der Waals surface area contributed by atoms with Gasteiger partial charge in [0.15, 0.2) is 5.60 Å². The van der Waals surface area contributed by atoms with Crippen LogP contribution in [0.5, 0.6) is 11.5 Å². The van der Waals surface area contributed by atoms with Crippen molar-refractivity contribution in [3.8, 4) is 11.5 Å². The number of halogens is 1. The van der Waals surface area contributed by atoms with E-state index < -0.39 is 29.4 Å². The Balaban J connectivity index is 1.93. The number of ether oxygens (including phenoxy) is 2. The van der Waals surface area contributed by atoms with Crippen LogP contribution < -0.4 is 19.7 Å². The first-order valence-corrected chi connectivity index (χ1v) is 9.47. The molecule has 0 saturated heterocycles. The zero-order valence-electron chi connectivity index (χ0n) is 16.9. The first kappa shape index (κ1) is 21.4. The predicted octanol–water partition coefficient (Wildman–Crippen LogP) is 3.58. The minimum atomic E-state index is -1.28. The number of nitrogens with zero attached hydrogens (tertiary/aromatic N) is 1. The van der Waals surface area contributed by atoms with Crippen LogP contribution in [0, 0.1) is 0 Å². The van der Waals surface area contributed by atoms with Gasteiger partial charge in [0.05, 0.1) is 23.4 Å². The average molecular weight is 433 g/mol. The summed E-state index contributed by atoms with van der Waals surface area (Å²) in [5.41, 5.74) is -0.495. The summed E-state index contributed by atoms with van der Waals surface area (Å²) < 4.78 is 10.8. The van der Waals surface area contributed by atoms with Gasteiger partial charge in [-0.05, 0) is 57.2 Å². The Bertz CT molecular complexity index is 1040. The van der Waals surface area contributed by atoms with Crippen molar-refractivity contribution < 1.29 is 29.0 Å². The first-order chi connectivity index (χ1) is 14.0. The van der Waals surface area contributed by atoms with Gasteiger partial charge < -0.3 is 19.9 Å². The lowest BCUT2D eigenvalue weighted by molar-refractivity contribution is -0.134. The van der Waals surface area contributed by atoms with E-state index in [9.17, 15) is 19.5 Å². The molecule has 2 amide bonds. The van der Waals surface area contributed by atoms with Crippen LogP contribution in [0.4, 0.5) is 11.4 Å². The van der Waals surface area contributed by atoms with E-state index in [4.69, 9.17) is 21.1 Å². The minimum absolute atomic E-state index is 0.0174. The molecule has 0 radical (unpaired) electrons. The van der Waals surface area contributed by atoms with Crippen LogP contribution >= 0.6 is 11.6 Å². The summed E-state index contributed by atoms with van der Waals surface area (Å²) >= 11 is 6.10. The number of methoxy groups -OCH3 is 1. The second kappa shape index (κ2) is 7.87. The smallest absolute Gasteiger partial charge is 0.335 e. The number of fused-ring (bicyclic) bond motifs is 1. The normalized spacial score (nSPS) is 15.6. The molecule has 0 bridgehead atoms. The number of carboxylic acid groups (broad SMARTS) is 1. The molecule has 1 atom stereocenters. The van der Waals surface area contributed by atoms with Crippen molar-refractivity contribution in [3.05, 3.63) is 47.0 Å². The third-order valence-corrected chi connectivity index (χ3v) is 5.05. The summed E-state index contributed by atoms with van der Waals surface area (Å²) in [5.74, 6) is -1.31. The third kappa shape index (κ3) is 3.91. The van der Waals surface area contributed by atoms with Crippen molar-refractivity contribution in [1.29, 1.82) is 0 Å². The van der Waals surface area contributed by atoms with E-state index in [2.05, 4.69) is 5.32 Å². The molecule has 2 aromatic rings. The fourth-order valence-electron chi connectivity index (χ4n) is 3.14. The molecular formula is C21H21ClN2O6. The maximum absolute atomic E-state index is 13.0. The quantitative estimate of drug-likeness (QED) is 0.748. The van der Waals surface area contributed by atoms with Gasteiger partial charge in [-0.25, -0.2) is 4.79 Å². The van der Waals surface area contributed by atoms with E-state index >= 15 is 0 Å². The van der Waals surface area contributed by atoms with Crippen molar-refractivity contribution in [2.24, 2.45) is 0 Å². The number of anilines is 2. The van der Waals surface area contributed by atoms with E-state index in [1.54, 1.807) is 39.0 Å². The molecule has 1 unspecified atom stereocenters. The van der Waals surface area contributed by atoms with Gasteiger partial charge in [-0.3, -0.25) is 14.5 Å². The second-order valence-electron chi connectivity index (χ2n) is 7.29. The average Bonchev–Trinajstić information content (AvgIpc) is 2.68. The number of rotatable bonds is 5. The highest BCUT2D eigenvalue weighted by Crippen LogP contribution is 2.39. The highest BCUT2D eigenvalue weighted by Gasteiger charge is 2.44. The van der Waals surface area contributed by atoms with Crippen LogP contribution in [-0.4, -0.2) is 41.6 Å². The van der Waals surface area contributed by atoms with Gasteiger partial charge in [0.25, 0.3) is 5.91 Å². The Morgan fingerprint density at radius 3 is 2.53 bits per heavy atom. The van der Waals surface area contributed by atoms with Gasteiger partial charge in [-0.1, -0.05) is 11.6 Å². The van der Waals surface area contributed by atoms with Crippen LogP contribution in [0.3, 0.4) is 0 Å². The summed E-state index contributed by atoms with van der Waals surface area (Å²) in [7, 11) is 1.49. The van der Waals surface area contributed by atoms with Gasteiger partial charge in [0, 0.05) is 5.69 Å². The molecule has 0 aliphatic carbocycles. The Labute approximate surface area is 178 Å². The fourth-order valence-corrected chi connectivity index (χ4v) is 3.40. The Morgan fingerprint density at radius 2 is 1.93 bits per heavy atom. The first-order valence-electron chi connectivity index (χ1n) is 9.09. The SMILES string of the molecule is COc1ccc(NC(=O)C(C)N2C(=O)C(C)(C)Oc3cc(C(=O)O)ccc32)cc1Cl. The molecule has 2 aromatic carbocycles. The summed E-state index contributed by atoms with van der Waals surface area (Å²) in [5, 5.41) is 12.3. The van der Waals surface area contributed by atoms with E-state index in [1.165, 1.54) is 30.2 Å². The molecule has 1 aliphatic heterocycles. The topological polar surface area (TPSA) is 105 Å². The zero-order chi connectivity index (χ0) is 22.2. The Kier molecular flexibility index (Phi) is 5.63. The number of hydrogen-bond donors (Lipinski definition) is 2. The molecule has 158 valence electrons. The Hall–Kier alpha value is -3.26. The monoisotopic (exact) mass is 432 g/mol. The van der Waals surface area contributed by atoms with E-state index in [-0.39, 0.29) is 11.3 Å². The van der Waals surface area contributed by atoms with Crippen LogP contribution in [0.25, 0.3) is 0 Å². The van der Waals surface area contributed by atoms with Crippen LogP contribution in [-0.2, 0) is 9.59 Å². The van der Waals surface area contributed by atoms with Crippen molar-refractivity contribution in [3.63, 3.8) is 0 Å². The molecule has 1 heterocycles. The van der Waals surface area contributed by atoms with Gasteiger partial charge >= 0.3 is 5.97 Å². The van der Waals surface area contributed by atoms with Crippen LogP contribution in [0.2, 0.25) is 5.02 Å². The lowest BCUT2D eigenvalue weighted by Gasteiger charge is -2.41. The number of carbonyl (C=O) groups excluding carboxylic acids is 2. The summed E-state index contributed by atoms with van der Waals surface area (Å²) in [6.07, 6.45) is 0. The van der Waals surface area contributed by atoms with Crippen molar-refractivity contribution in [1.82, 2.24) is 0 Å². The van der Waals surface area contributed by atoms with E-state index in [0.717, 1.165) is 0 Å². The highest BCUT2D eigenvalue weighted by atomic mass is 35.5. The molecular weight excluding hydrogens is 412 g/mol. The van der Waals surface area contributed by atoms with Crippen molar-refractivity contribution in [2.45, 2.75) is 32.4 Å². The predicted molar refractivity (Wildman–Crippen MR) is 112 cm³/mol. The summed E-state index contributed by atoms with van der Waals surface area (Å²) in [4.78, 5) is 38.5. The number of nitrogens with one attached hydrogen (secondary N) is 1. The van der Waals surface area contributed by atoms with E-state index in [0.29, 0.717) is 22.1 Å². The second-order valence-corrected chi connectivity index (χ2v) is 7.70. The molecule has 0 saturated carbocycles. The third-order valence-electron chi connectivity index (χ3n) is 4.75. The number of amides is 2. The standard InChI is InChI=1S/C21H21ClN2O6/c1-11(18(25)23-13-6-8-16(29-4)14(22)10-13)24-15-7-5-12(19(26)27)9-17(15)30-21(2,3)20(24)28/h5-11H,1-4H3,(H,23,25)(H,26,27). The van der Waals surface area contributed by atoms with Gasteiger partial charge in [0.1, 0.15) is 17.5 Å². The lowest BCUT2D eigenvalue weighted by Crippen LogP contribution is -2.57. The molecule has 1 aliphatic rings. The highest BCUT2D eigenvalue weighted by molar-refractivity contribution is 6.32. The molecule has 3 rings (SSSR count).